The molecule has 2 aliphatic rings. The average Bonchev–Trinajstić information content (AvgIpc) is 2.58. The lowest BCUT2D eigenvalue weighted by Gasteiger charge is -2.24. The maximum absolute atomic E-state index is 9.59. The van der Waals surface area contributed by atoms with Crippen LogP contribution < -0.4 is 0 Å². The number of hydrogen-bond donors (Lipinski definition) is 3. The van der Waals surface area contributed by atoms with Gasteiger partial charge in [-0.25, -0.2) is 14.9 Å². The summed E-state index contributed by atoms with van der Waals surface area (Å²) in [7, 11) is 0. The van der Waals surface area contributed by atoms with Crippen molar-refractivity contribution in [2.24, 2.45) is 4.99 Å². The Kier molecular flexibility index (Phi) is 3.52. The third kappa shape index (κ3) is 2.23. The van der Waals surface area contributed by atoms with Crippen molar-refractivity contribution in [1.29, 1.82) is 0 Å². The molecule has 0 saturated carbocycles. The molecule has 0 unspecified atom stereocenters. The number of rotatable bonds is 3. The Labute approximate surface area is 92.2 Å². The molecule has 2 rings (SSSR count). The van der Waals surface area contributed by atoms with E-state index in [-0.39, 0.29) is 6.61 Å². The van der Waals surface area contributed by atoms with Gasteiger partial charge in [-0.2, -0.15) is 0 Å². The summed E-state index contributed by atoms with van der Waals surface area (Å²) in [6, 6.07) is 0. The van der Waals surface area contributed by atoms with Crippen LogP contribution in [0.2, 0.25) is 0 Å². The molecule has 2 heterocycles. The van der Waals surface area contributed by atoms with Crippen molar-refractivity contribution in [3.63, 3.8) is 0 Å². The fourth-order valence-corrected chi connectivity index (χ4v) is 1.53. The van der Waals surface area contributed by atoms with E-state index in [1.165, 1.54) is 11.4 Å². The summed E-state index contributed by atoms with van der Waals surface area (Å²) in [5, 5.41) is 29.3. The second kappa shape index (κ2) is 4.89. The maximum atomic E-state index is 9.59. The molecule has 7 heteroatoms. The zero-order valence-electron chi connectivity index (χ0n) is 8.51. The highest BCUT2D eigenvalue weighted by molar-refractivity contribution is 5.55. The van der Waals surface area contributed by atoms with Crippen molar-refractivity contribution in [2.45, 2.75) is 24.6 Å². The molecule has 1 fully saturated rings. The molecule has 0 aliphatic carbocycles. The van der Waals surface area contributed by atoms with Gasteiger partial charge in [-0.3, -0.25) is 0 Å². The van der Waals surface area contributed by atoms with Crippen LogP contribution in [0.3, 0.4) is 0 Å². The Balaban J connectivity index is 1.90. The van der Waals surface area contributed by atoms with Crippen molar-refractivity contribution in [3.8, 4) is 0 Å². The van der Waals surface area contributed by atoms with Crippen LogP contribution in [0.4, 0.5) is 0 Å². The van der Waals surface area contributed by atoms with Gasteiger partial charge in [0, 0.05) is 6.20 Å². The lowest BCUT2D eigenvalue weighted by Crippen LogP contribution is -2.38. The first kappa shape index (κ1) is 11.5. The van der Waals surface area contributed by atoms with E-state index in [2.05, 4.69) is 4.99 Å². The van der Waals surface area contributed by atoms with Crippen molar-refractivity contribution >= 4 is 6.34 Å². The van der Waals surface area contributed by atoms with Crippen molar-refractivity contribution in [3.05, 3.63) is 12.3 Å². The highest BCUT2D eigenvalue weighted by Crippen LogP contribution is 2.22. The van der Waals surface area contributed by atoms with Gasteiger partial charge in [-0.1, -0.05) is 0 Å². The quantitative estimate of drug-likeness (QED) is 0.530. The smallest absolute Gasteiger partial charge is 0.213 e. The SMILES string of the molecule is OC[C@H]1O[C@@H](ON2C=NC=CC2)[C@H](O)[C@@H]1O. The summed E-state index contributed by atoms with van der Waals surface area (Å²) in [5.74, 6) is 0. The molecule has 4 atom stereocenters. The zero-order valence-corrected chi connectivity index (χ0v) is 8.51. The molecule has 0 amide bonds. The molecule has 7 nitrogen and oxygen atoms in total. The normalized spacial score (nSPS) is 38.3. The summed E-state index contributed by atoms with van der Waals surface area (Å²) in [5.41, 5.74) is 0. The third-order valence-corrected chi connectivity index (χ3v) is 2.41. The summed E-state index contributed by atoms with van der Waals surface area (Å²) in [6.45, 7) is 0.113. The van der Waals surface area contributed by atoms with Crippen LogP contribution in [0.1, 0.15) is 0 Å². The van der Waals surface area contributed by atoms with E-state index in [4.69, 9.17) is 14.7 Å². The Morgan fingerprint density at radius 1 is 1.44 bits per heavy atom. The number of aliphatic hydroxyl groups excluding tert-OH is 3. The van der Waals surface area contributed by atoms with E-state index >= 15 is 0 Å². The monoisotopic (exact) mass is 230 g/mol. The Morgan fingerprint density at radius 2 is 2.25 bits per heavy atom. The topological polar surface area (TPSA) is 94.8 Å². The van der Waals surface area contributed by atoms with Crippen LogP contribution in [-0.4, -0.2) is 64.5 Å². The fraction of sp³-hybridized carbons (Fsp3) is 0.667. The van der Waals surface area contributed by atoms with Crippen LogP contribution in [0.25, 0.3) is 0 Å². The summed E-state index contributed by atoms with van der Waals surface area (Å²) in [4.78, 5) is 9.09. The summed E-state index contributed by atoms with van der Waals surface area (Å²) in [6.07, 6.45) is 0.679. The Morgan fingerprint density at radius 3 is 2.81 bits per heavy atom. The fourth-order valence-electron chi connectivity index (χ4n) is 1.53. The number of hydroxylamine groups is 2. The van der Waals surface area contributed by atoms with E-state index in [1.807, 2.05) is 0 Å². The predicted octanol–water partition coefficient (Wildman–Crippen LogP) is -1.79. The number of hydrogen-bond acceptors (Lipinski definition) is 7. The second-order valence-electron chi connectivity index (χ2n) is 3.56. The van der Waals surface area contributed by atoms with Gasteiger partial charge >= 0.3 is 0 Å². The largest absolute Gasteiger partial charge is 0.394 e. The lowest BCUT2D eigenvalue weighted by molar-refractivity contribution is -0.258. The number of aliphatic imine (C=N–C) groups is 1. The molecule has 0 radical (unpaired) electrons. The van der Waals surface area contributed by atoms with Gasteiger partial charge in [-0.05, 0) is 6.08 Å². The molecule has 1 saturated heterocycles. The maximum Gasteiger partial charge on any atom is 0.213 e. The van der Waals surface area contributed by atoms with E-state index in [0.717, 1.165) is 0 Å². The van der Waals surface area contributed by atoms with Gasteiger partial charge in [0.15, 0.2) is 0 Å². The van der Waals surface area contributed by atoms with Crippen LogP contribution in [0.15, 0.2) is 17.3 Å². The van der Waals surface area contributed by atoms with Gasteiger partial charge in [0.05, 0.1) is 13.2 Å². The molecule has 16 heavy (non-hydrogen) atoms. The van der Waals surface area contributed by atoms with Gasteiger partial charge in [-0.15, -0.1) is 0 Å². The molecule has 0 spiro atoms. The minimum atomic E-state index is -1.18. The first-order valence-corrected chi connectivity index (χ1v) is 4.96. The van der Waals surface area contributed by atoms with Crippen LogP contribution in [0, 0.1) is 0 Å². The minimum Gasteiger partial charge on any atom is -0.394 e. The van der Waals surface area contributed by atoms with E-state index in [1.54, 1.807) is 12.3 Å². The second-order valence-corrected chi connectivity index (χ2v) is 3.56. The van der Waals surface area contributed by atoms with Gasteiger partial charge in [0.1, 0.15) is 24.7 Å². The minimum absolute atomic E-state index is 0.369. The van der Waals surface area contributed by atoms with Crippen LogP contribution in [0.5, 0.6) is 0 Å². The molecule has 0 bridgehead atoms. The van der Waals surface area contributed by atoms with Crippen LogP contribution in [-0.2, 0) is 9.57 Å². The molecule has 2 aliphatic heterocycles. The molecular formula is C9H14N2O5. The molecule has 0 aromatic carbocycles. The van der Waals surface area contributed by atoms with Gasteiger partial charge in [0.2, 0.25) is 6.29 Å². The average molecular weight is 230 g/mol. The van der Waals surface area contributed by atoms with Gasteiger partial charge in [0.25, 0.3) is 0 Å². The van der Waals surface area contributed by atoms with E-state index in [9.17, 15) is 10.2 Å². The first-order chi connectivity index (χ1) is 7.72. The summed E-state index contributed by atoms with van der Waals surface area (Å²) >= 11 is 0. The molecule has 0 aromatic rings. The lowest BCUT2D eigenvalue weighted by atomic mass is 10.1. The van der Waals surface area contributed by atoms with Crippen molar-refractivity contribution in [2.75, 3.05) is 13.2 Å². The highest BCUT2D eigenvalue weighted by atomic mass is 16.8. The van der Waals surface area contributed by atoms with E-state index in [0.29, 0.717) is 6.54 Å². The van der Waals surface area contributed by atoms with Gasteiger partial charge < -0.3 is 20.1 Å². The Hall–Kier alpha value is -0.990. The predicted molar refractivity (Wildman–Crippen MR) is 53.2 cm³/mol. The zero-order chi connectivity index (χ0) is 11.5. The van der Waals surface area contributed by atoms with Crippen LogP contribution >= 0.6 is 0 Å². The van der Waals surface area contributed by atoms with Crippen molar-refractivity contribution < 1.29 is 24.9 Å². The standard InChI is InChI=1S/C9H14N2O5/c12-4-6-7(13)8(14)9(15-6)16-11-3-1-2-10-5-11/h1-2,5-9,12-14H,3-4H2/t6-,7-,8-,9+/m1/s1. The van der Waals surface area contributed by atoms with Crippen molar-refractivity contribution in [1.82, 2.24) is 5.06 Å². The molecular weight excluding hydrogens is 216 g/mol. The summed E-state index contributed by atoms with van der Waals surface area (Å²) < 4.78 is 5.14. The Bertz CT molecular complexity index is 296. The molecule has 3 N–H and O–H groups in total. The number of aliphatic hydroxyl groups is 3. The third-order valence-electron chi connectivity index (χ3n) is 2.41. The molecule has 0 aromatic heterocycles. The highest BCUT2D eigenvalue weighted by Gasteiger charge is 2.44. The number of ether oxygens (including phenoxy) is 1. The number of nitrogens with zero attached hydrogens (tertiary/aromatic N) is 2. The van der Waals surface area contributed by atoms with E-state index < -0.39 is 24.6 Å². The first-order valence-electron chi connectivity index (χ1n) is 4.96. The molecule has 90 valence electrons.